The Balaban J connectivity index is 2.86. The minimum absolute atomic E-state index is 0.121. The Morgan fingerprint density at radius 1 is 1.50 bits per heavy atom. The van der Waals surface area contributed by atoms with E-state index in [2.05, 4.69) is 4.37 Å². The molecule has 0 bridgehead atoms. The predicted molar refractivity (Wildman–Crippen MR) is 57.0 cm³/mol. The third-order valence-corrected chi connectivity index (χ3v) is 2.67. The van der Waals surface area contributed by atoms with E-state index in [1.54, 1.807) is 6.92 Å². The predicted octanol–water partition coefficient (Wildman–Crippen LogP) is 2.12. The van der Waals surface area contributed by atoms with Gasteiger partial charge in [-0.2, -0.15) is 17.5 Å². The standard InChI is InChI=1S/C8H12F3N3OS/c1-3-15-5-6(12)13-16-7(5)14(2)4-8(9,10)11/h3-4H2,1-2H3,(H2,12,13). The molecule has 1 heterocycles. The number of aromatic nitrogens is 1. The first-order valence-corrected chi connectivity index (χ1v) is 5.28. The molecule has 0 saturated carbocycles. The molecule has 1 aromatic rings. The van der Waals surface area contributed by atoms with Crippen LogP contribution in [0.1, 0.15) is 6.92 Å². The molecule has 0 atom stereocenters. The number of hydrogen-bond acceptors (Lipinski definition) is 5. The minimum atomic E-state index is -4.27. The van der Waals surface area contributed by atoms with Crippen LogP contribution in [0.2, 0.25) is 0 Å². The number of halogens is 3. The molecule has 92 valence electrons. The highest BCUT2D eigenvalue weighted by atomic mass is 32.1. The van der Waals surface area contributed by atoms with Gasteiger partial charge in [-0.25, -0.2) is 0 Å². The SMILES string of the molecule is CCOc1c(N)nsc1N(C)CC(F)(F)F. The van der Waals surface area contributed by atoms with Crippen molar-refractivity contribution >= 4 is 22.4 Å². The van der Waals surface area contributed by atoms with Crippen molar-refractivity contribution in [3.05, 3.63) is 0 Å². The van der Waals surface area contributed by atoms with E-state index in [0.29, 0.717) is 6.61 Å². The number of rotatable bonds is 4. The summed E-state index contributed by atoms with van der Waals surface area (Å²) in [6, 6.07) is 0. The Kier molecular flexibility index (Phi) is 3.84. The van der Waals surface area contributed by atoms with Crippen molar-refractivity contribution in [2.45, 2.75) is 13.1 Å². The Bertz CT molecular complexity index is 353. The van der Waals surface area contributed by atoms with Crippen LogP contribution >= 0.6 is 11.5 Å². The van der Waals surface area contributed by atoms with Crippen molar-refractivity contribution in [2.24, 2.45) is 0 Å². The van der Waals surface area contributed by atoms with Crippen molar-refractivity contribution in [1.82, 2.24) is 4.37 Å². The van der Waals surface area contributed by atoms with Gasteiger partial charge in [0.05, 0.1) is 6.61 Å². The zero-order chi connectivity index (χ0) is 12.3. The quantitative estimate of drug-likeness (QED) is 0.895. The monoisotopic (exact) mass is 255 g/mol. The van der Waals surface area contributed by atoms with E-state index in [-0.39, 0.29) is 16.6 Å². The number of ether oxygens (including phenoxy) is 1. The number of hydrogen-bond donors (Lipinski definition) is 1. The molecule has 0 fully saturated rings. The lowest BCUT2D eigenvalue weighted by atomic mass is 10.4. The molecular weight excluding hydrogens is 243 g/mol. The summed E-state index contributed by atoms with van der Waals surface area (Å²) in [5.74, 6) is 0.343. The third kappa shape index (κ3) is 3.16. The Morgan fingerprint density at radius 2 is 2.12 bits per heavy atom. The van der Waals surface area contributed by atoms with E-state index >= 15 is 0 Å². The van der Waals surface area contributed by atoms with Crippen LogP contribution in [0, 0.1) is 0 Å². The second-order valence-electron chi connectivity index (χ2n) is 3.11. The highest BCUT2D eigenvalue weighted by Crippen LogP contribution is 2.38. The van der Waals surface area contributed by atoms with Crippen LogP contribution in [0.15, 0.2) is 0 Å². The maximum absolute atomic E-state index is 12.2. The highest BCUT2D eigenvalue weighted by molar-refractivity contribution is 7.11. The lowest BCUT2D eigenvalue weighted by molar-refractivity contribution is -0.119. The van der Waals surface area contributed by atoms with Gasteiger partial charge >= 0.3 is 6.18 Å². The lowest BCUT2D eigenvalue weighted by Gasteiger charge is -2.19. The molecule has 1 aromatic heterocycles. The number of nitrogens with two attached hydrogens (primary N) is 1. The summed E-state index contributed by atoms with van der Waals surface area (Å²) >= 11 is 0.891. The molecule has 0 aliphatic heterocycles. The minimum Gasteiger partial charge on any atom is -0.487 e. The molecule has 0 radical (unpaired) electrons. The maximum atomic E-state index is 12.2. The van der Waals surface area contributed by atoms with Crippen LogP contribution in [-0.2, 0) is 0 Å². The fourth-order valence-electron chi connectivity index (χ4n) is 1.15. The summed E-state index contributed by atoms with van der Waals surface area (Å²) in [7, 11) is 1.32. The summed E-state index contributed by atoms with van der Waals surface area (Å²) in [5, 5.41) is 0.289. The molecule has 1 rings (SSSR count). The van der Waals surface area contributed by atoms with E-state index < -0.39 is 12.7 Å². The normalized spacial score (nSPS) is 11.6. The van der Waals surface area contributed by atoms with E-state index in [1.165, 1.54) is 7.05 Å². The molecule has 8 heteroatoms. The van der Waals surface area contributed by atoms with Gasteiger partial charge in [0, 0.05) is 7.05 Å². The summed E-state index contributed by atoms with van der Waals surface area (Å²) in [4.78, 5) is 1.03. The van der Waals surface area contributed by atoms with Crippen molar-refractivity contribution < 1.29 is 17.9 Å². The van der Waals surface area contributed by atoms with Crippen LogP contribution in [0.5, 0.6) is 5.75 Å². The van der Waals surface area contributed by atoms with Crippen molar-refractivity contribution in [2.75, 3.05) is 30.8 Å². The largest absolute Gasteiger partial charge is 0.487 e. The van der Waals surface area contributed by atoms with Gasteiger partial charge in [-0.05, 0) is 18.5 Å². The van der Waals surface area contributed by atoms with Crippen molar-refractivity contribution in [3.63, 3.8) is 0 Å². The van der Waals surface area contributed by atoms with Crippen LogP contribution in [0.3, 0.4) is 0 Å². The summed E-state index contributed by atoms with van der Waals surface area (Å²) < 4.78 is 45.5. The molecule has 0 spiro atoms. The van der Waals surface area contributed by atoms with Gasteiger partial charge in [0.1, 0.15) is 6.54 Å². The Labute approximate surface area is 95.0 Å². The summed E-state index contributed by atoms with van der Waals surface area (Å²) in [5.41, 5.74) is 5.50. The van der Waals surface area contributed by atoms with E-state index in [4.69, 9.17) is 10.5 Å². The van der Waals surface area contributed by atoms with Gasteiger partial charge in [0.2, 0.25) is 0 Å². The average molecular weight is 255 g/mol. The second-order valence-corrected chi connectivity index (χ2v) is 3.86. The lowest BCUT2D eigenvalue weighted by Crippen LogP contribution is -2.30. The van der Waals surface area contributed by atoms with Crippen molar-refractivity contribution in [1.29, 1.82) is 0 Å². The van der Waals surface area contributed by atoms with Gasteiger partial charge < -0.3 is 15.4 Å². The molecule has 0 aliphatic rings. The molecule has 0 amide bonds. The molecule has 16 heavy (non-hydrogen) atoms. The first kappa shape index (κ1) is 12.9. The van der Waals surface area contributed by atoms with Gasteiger partial charge in [-0.15, -0.1) is 0 Å². The molecule has 0 aromatic carbocycles. The fourth-order valence-corrected chi connectivity index (χ4v) is 1.87. The van der Waals surface area contributed by atoms with Crippen LogP contribution in [0.4, 0.5) is 24.0 Å². The Morgan fingerprint density at radius 3 is 2.62 bits per heavy atom. The van der Waals surface area contributed by atoms with Crippen LogP contribution < -0.4 is 15.4 Å². The molecule has 0 unspecified atom stereocenters. The molecular formula is C8H12F3N3OS. The second kappa shape index (κ2) is 4.77. The van der Waals surface area contributed by atoms with E-state index in [0.717, 1.165) is 16.4 Å². The van der Waals surface area contributed by atoms with Crippen LogP contribution in [-0.4, -0.2) is 30.7 Å². The smallest absolute Gasteiger partial charge is 0.405 e. The highest BCUT2D eigenvalue weighted by Gasteiger charge is 2.31. The van der Waals surface area contributed by atoms with Crippen molar-refractivity contribution in [3.8, 4) is 5.75 Å². The van der Waals surface area contributed by atoms with Gasteiger partial charge in [0.15, 0.2) is 16.6 Å². The van der Waals surface area contributed by atoms with E-state index in [1.807, 2.05) is 0 Å². The molecule has 0 aliphatic carbocycles. The van der Waals surface area contributed by atoms with Gasteiger partial charge in [0.25, 0.3) is 0 Å². The van der Waals surface area contributed by atoms with Crippen LogP contribution in [0.25, 0.3) is 0 Å². The molecule has 2 N–H and O–H groups in total. The topological polar surface area (TPSA) is 51.4 Å². The van der Waals surface area contributed by atoms with Gasteiger partial charge in [-0.3, -0.25) is 0 Å². The zero-order valence-corrected chi connectivity index (χ0v) is 9.65. The maximum Gasteiger partial charge on any atom is 0.405 e. The number of nitrogens with zero attached hydrogens (tertiary/aromatic N) is 2. The fraction of sp³-hybridized carbons (Fsp3) is 0.625. The number of alkyl halides is 3. The average Bonchev–Trinajstić information content (AvgIpc) is 2.46. The first-order valence-electron chi connectivity index (χ1n) is 4.51. The molecule has 4 nitrogen and oxygen atoms in total. The Hall–Kier alpha value is -1.18. The van der Waals surface area contributed by atoms with Gasteiger partial charge in [-0.1, -0.05) is 0 Å². The summed E-state index contributed by atoms with van der Waals surface area (Å²) in [6.45, 7) is 0.995. The number of nitrogen functional groups attached to an aromatic ring is 1. The zero-order valence-electron chi connectivity index (χ0n) is 8.84. The third-order valence-electron chi connectivity index (χ3n) is 1.71. The van der Waals surface area contributed by atoms with E-state index in [9.17, 15) is 13.2 Å². The summed E-state index contributed by atoms with van der Waals surface area (Å²) in [6.07, 6.45) is -4.27. The number of anilines is 2. The first-order chi connectivity index (χ1) is 7.35. The molecule has 0 saturated heterocycles.